The summed E-state index contributed by atoms with van der Waals surface area (Å²) in [6.45, 7) is 0. The Morgan fingerprint density at radius 2 is 1.82 bits per heavy atom. The molecule has 2 N–H and O–H groups in total. The Kier molecular flexibility index (Phi) is 2.04. The summed E-state index contributed by atoms with van der Waals surface area (Å²) in [4.78, 5) is 1.40. The molecule has 4 nitrogen and oxygen atoms in total. The van der Waals surface area contributed by atoms with Gasteiger partial charge in [-0.25, -0.2) is 4.39 Å². The average molecular weight is 228 g/mol. The Morgan fingerprint density at radius 3 is 2.65 bits per heavy atom. The number of halogens is 1. The monoisotopic (exact) mass is 228 g/mol. The third-order valence-electron chi connectivity index (χ3n) is 2.44. The maximum absolute atomic E-state index is 13.1. The van der Waals surface area contributed by atoms with Crippen molar-refractivity contribution in [2.45, 2.75) is 0 Å². The average Bonchev–Trinajstić information content (AvgIpc) is 2.72. The van der Waals surface area contributed by atoms with E-state index in [0.29, 0.717) is 16.9 Å². The molecule has 3 aromatic rings. The van der Waals surface area contributed by atoms with Crippen LogP contribution in [-0.4, -0.2) is 15.0 Å². The van der Waals surface area contributed by atoms with E-state index < -0.39 is 0 Å². The van der Waals surface area contributed by atoms with E-state index in [2.05, 4.69) is 10.2 Å². The number of nitrogens with zero attached hydrogens (tertiary/aromatic N) is 3. The van der Waals surface area contributed by atoms with E-state index in [1.54, 1.807) is 30.3 Å². The molecule has 5 heteroatoms. The van der Waals surface area contributed by atoms with Crippen molar-refractivity contribution in [1.29, 1.82) is 0 Å². The number of rotatable bonds is 1. The zero-order valence-corrected chi connectivity index (χ0v) is 8.84. The fourth-order valence-electron chi connectivity index (χ4n) is 1.65. The highest BCUT2D eigenvalue weighted by molar-refractivity contribution is 5.77. The number of hydrogen-bond acceptors (Lipinski definition) is 3. The molecule has 0 unspecified atom stereocenters. The summed E-state index contributed by atoms with van der Waals surface area (Å²) in [5, 5.41) is 8.49. The number of fused-ring (bicyclic) bond motifs is 1. The third-order valence-corrected chi connectivity index (χ3v) is 2.44. The third kappa shape index (κ3) is 1.71. The standard InChI is InChI=1S/C12H9FN4/c13-8-2-1-3-10(6-8)17-15-11-5-4-9(14)7-12(11)16-17/h1-7H,14H2. The van der Waals surface area contributed by atoms with E-state index in [1.165, 1.54) is 16.9 Å². The molecule has 17 heavy (non-hydrogen) atoms. The summed E-state index contributed by atoms with van der Waals surface area (Å²) in [7, 11) is 0. The van der Waals surface area contributed by atoms with Gasteiger partial charge in [0.25, 0.3) is 0 Å². The molecule has 2 aromatic carbocycles. The van der Waals surface area contributed by atoms with Crippen molar-refractivity contribution < 1.29 is 4.39 Å². The fraction of sp³-hybridized carbons (Fsp3) is 0. The van der Waals surface area contributed by atoms with Crippen LogP contribution in [0.5, 0.6) is 0 Å². The highest BCUT2D eigenvalue weighted by atomic mass is 19.1. The van der Waals surface area contributed by atoms with Crippen LogP contribution in [0.2, 0.25) is 0 Å². The Balaban J connectivity index is 2.18. The van der Waals surface area contributed by atoms with Crippen LogP contribution >= 0.6 is 0 Å². The zero-order valence-electron chi connectivity index (χ0n) is 8.84. The molecule has 0 aliphatic rings. The minimum atomic E-state index is -0.316. The van der Waals surface area contributed by atoms with Crippen LogP contribution in [0.3, 0.4) is 0 Å². The van der Waals surface area contributed by atoms with Crippen LogP contribution in [0, 0.1) is 5.82 Å². The fourth-order valence-corrected chi connectivity index (χ4v) is 1.65. The van der Waals surface area contributed by atoms with Gasteiger partial charge in [-0.3, -0.25) is 0 Å². The van der Waals surface area contributed by atoms with Crippen molar-refractivity contribution in [2.24, 2.45) is 0 Å². The van der Waals surface area contributed by atoms with Gasteiger partial charge in [-0.05, 0) is 30.3 Å². The maximum Gasteiger partial charge on any atom is 0.125 e. The number of nitrogen functional groups attached to an aromatic ring is 1. The number of nitrogens with two attached hydrogens (primary N) is 1. The Bertz CT molecular complexity index is 690. The topological polar surface area (TPSA) is 56.7 Å². The lowest BCUT2D eigenvalue weighted by Crippen LogP contribution is -1.98. The molecule has 0 aliphatic heterocycles. The summed E-state index contributed by atoms with van der Waals surface area (Å²) in [5.41, 5.74) is 8.29. The van der Waals surface area contributed by atoms with E-state index in [0.717, 1.165) is 5.52 Å². The number of aromatic nitrogens is 3. The molecule has 0 saturated heterocycles. The Hall–Kier alpha value is -2.43. The normalized spacial score (nSPS) is 10.9. The van der Waals surface area contributed by atoms with Crippen molar-refractivity contribution >= 4 is 16.7 Å². The predicted molar refractivity (Wildman–Crippen MR) is 63.2 cm³/mol. The van der Waals surface area contributed by atoms with Gasteiger partial charge in [0.15, 0.2) is 0 Å². The van der Waals surface area contributed by atoms with Gasteiger partial charge in [-0.1, -0.05) is 6.07 Å². The largest absolute Gasteiger partial charge is 0.399 e. The van der Waals surface area contributed by atoms with Gasteiger partial charge in [0.1, 0.15) is 16.9 Å². The minimum Gasteiger partial charge on any atom is -0.399 e. The first-order chi connectivity index (χ1) is 8.22. The second-order valence-electron chi connectivity index (χ2n) is 3.72. The maximum atomic E-state index is 13.1. The van der Waals surface area contributed by atoms with Crippen LogP contribution in [0.25, 0.3) is 16.7 Å². The lowest BCUT2D eigenvalue weighted by Gasteiger charge is -1.97. The SMILES string of the molecule is Nc1ccc2nn(-c3cccc(F)c3)nc2c1. The molecule has 0 radical (unpaired) electrons. The molecule has 84 valence electrons. The first kappa shape index (κ1) is 9.77. The van der Waals surface area contributed by atoms with Crippen molar-refractivity contribution in [3.63, 3.8) is 0 Å². The molecule has 0 amide bonds. The quantitative estimate of drug-likeness (QED) is 0.649. The van der Waals surface area contributed by atoms with Crippen molar-refractivity contribution in [1.82, 2.24) is 15.0 Å². The minimum absolute atomic E-state index is 0.316. The van der Waals surface area contributed by atoms with E-state index in [4.69, 9.17) is 5.73 Å². The van der Waals surface area contributed by atoms with Gasteiger partial charge >= 0.3 is 0 Å². The Labute approximate surface area is 96.5 Å². The molecule has 0 saturated carbocycles. The Morgan fingerprint density at radius 1 is 1.00 bits per heavy atom. The van der Waals surface area contributed by atoms with Gasteiger partial charge < -0.3 is 5.73 Å². The number of anilines is 1. The predicted octanol–water partition coefficient (Wildman–Crippen LogP) is 2.14. The second-order valence-corrected chi connectivity index (χ2v) is 3.72. The van der Waals surface area contributed by atoms with Crippen LogP contribution in [0.4, 0.5) is 10.1 Å². The number of hydrogen-bond donors (Lipinski definition) is 1. The van der Waals surface area contributed by atoms with Gasteiger partial charge in [0, 0.05) is 11.8 Å². The lowest BCUT2D eigenvalue weighted by atomic mass is 10.3. The van der Waals surface area contributed by atoms with Crippen molar-refractivity contribution in [3.8, 4) is 5.69 Å². The van der Waals surface area contributed by atoms with Crippen LogP contribution < -0.4 is 5.73 Å². The molecule has 3 rings (SSSR count). The second kappa shape index (κ2) is 3.55. The van der Waals surface area contributed by atoms with Gasteiger partial charge in [0.05, 0.1) is 5.69 Å². The van der Waals surface area contributed by atoms with Crippen molar-refractivity contribution in [2.75, 3.05) is 5.73 Å². The van der Waals surface area contributed by atoms with Gasteiger partial charge in [-0.15, -0.1) is 10.2 Å². The summed E-state index contributed by atoms with van der Waals surface area (Å²) in [6.07, 6.45) is 0. The van der Waals surface area contributed by atoms with Crippen LogP contribution in [0.1, 0.15) is 0 Å². The highest BCUT2D eigenvalue weighted by Gasteiger charge is 2.05. The highest BCUT2D eigenvalue weighted by Crippen LogP contribution is 2.15. The van der Waals surface area contributed by atoms with E-state index in [1.807, 2.05) is 0 Å². The van der Waals surface area contributed by atoms with Gasteiger partial charge in [0.2, 0.25) is 0 Å². The van der Waals surface area contributed by atoms with Gasteiger partial charge in [-0.2, -0.15) is 4.80 Å². The molecule has 0 bridgehead atoms. The number of benzene rings is 2. The van der Waals surface area contributed by atoms with Crippen LogP contribution in [-0.2, 0) is 0 Å². The first-order valence-corrected chi connectivity index (χ1v) is 5.11. The zero-order chi connectivity index (χ0) is 11.8. The molecule has 1 heterocycles. The molecular formula is C12H9FN4. The van der Waals surface area contributed by atoms with E-state index in [-0.39, 0.29) is 5.82 Å². The van der Waals surface area contributed by atoms with E-state index in [9.17, 15) is 4.39 Å². The molecular weight excluding hydrogens is 219 g/mol. The molecule has 0 atom stereocenters. The molecule has 1 aromatic heterocycles. The lowest BCUT2D eigenvalue weighted by molar-refractivity contribution is 0.623. The van der Waals surface area contributed by atoms with Crippen LogP contribution in [0.15, 0.2) is 42.5 Å². The summed E-state index contributed by atoms with van der Waals surface area (Å²) in [5.74, 6) is -0.316. The summed E-state index contributed by atoms with van der Waals surface area (Å²) < 4.78 is 13.1. The van der Waals surface area contributed by atoms with E-state index >= 15 is 0 Å². The summed E-state index contributed by atoms with van der Waals surface area (Å²) >= 11 is 0. The van der Waals surface area contributed by atoms with Crippen molar-refractivity contribution in [3.05, 3.63) is 48.3 Å². The summed E-state index contributed by atoms with van der Waals surface area (Å²) in [6, 6.07) is 11.4. The smallest absolute Gasteiger partial charge is 0.125 e. The molecule has 0 fully saturated rings. The molecule has 0 aliphatic carbocycles. The molecule has 0 spiro atoms. The first-order valence-electron chi connectivity index (χ1n) is 5.11.